The Morgan fingerprint density at radius 2 is 2.07 bits per heavy atom. The van der Waals surface area contributed by atoms with Crippen LogP contribution in [0.5, 0.6) is 0 Å². The summed E-state index contributed by atoms with van der Waals surface area (Å²) in [6, 6.07) is 0. The first kappa shape index (κ1) is 20.3. The van der Waals surface area contributed by atoms with E-state index in [-0.39, 0.29) is 11.3 Å². The summed E-state index contributed by atoms with van der Waals surface area (Å²) in [4.78, 5) is 28.9. The van der Waals surface area contributed by atoms with Crippen LogP contribution in [-0.4, -0.2) is 69.3 Å². The minimum atomic E-state index is -0.151. The summed E-state index contributed by atoms with van der Waals surface area (Å²) in [5.74, 6) is 0.863. The van der Waals surface area contributed by atoms with E-state index in [0.29, 0.717) is 31.5 Å². The number of hydrogen-bond donors (Lipinski definition) is 1. The normalized spacial score (nSPS) is 25.6. The summed E-state index contributed by atoms with van der Waals surface area (Å²) in [7, 11) is 0. The maximum atomic E-state index is 13.2. The van der Waals surface area contributed by atoms with Crippen LogP contribution in [0, 0.1) is 11.3 Å². The summed E-state index contributed by atoms with van der Waals surface area (Å²) in [5.41, 5.74) is 0.750. The van der Waals surface area contributed by atoms with E-state index in [4.69, 9.17) is 0 Å². The first-order valence-corrected chi connectivity index (χ1v) is 11.2. The van der Waals surface area contributed by atoms with Gasteiger partial charge in [0.1, 0.15) is 0 Å². The molecule has 1 aromatic heterocycles. The molecule has 160 valence electrons. The molecule has 1 saturated carbocycles. The Bertz CT molecular complexity index is 727. The molecule has 2 aliphatic heterocycles. The molecule has 0 radical (unpaired) electrons. The topological polar surface area (TPSA) is 83.4 Å². The number of carbonyl (C=O) groups is 2. The Labute approximate surface area is 173 Å². The summed E-state index contributed by atoms with van der Waals surface area (Å²) in [6.45, 7) is 7.30. The highest BCUT2D eigenvalue weighted by Gasteiger charge is 2.39. The molecule has 1 aliphatic carbocycles. The highest BCUT2D eigenvalue weighted by Crippen LogP contribution is 2.38. The van der Waals surface area contributed by atoms with Crippen molar-refractivity contribution in [3.63, 3.8) is 0 Å². The summed E-state index contributed by atoms with van der Waals surface area (Å²) >= 11 is 0. The fourth-order valence-electron chi connectivity index (χ4n) is 5.15. The van der Waals surface area contributed by atoms with Crippen LogP contribution in [0.2, 0.25) is 0 Å². The van der Waals surface area contributed by atoms with Crippen LogP contribution in [0.15, 0.2) is 6.20 Å². The molecule has 2 saturated heterocycles. The van der Waals surface area contributed by atoms with Crippen LogP contribution >= 0.6 is 0 Å². The van der Waals surface area contributed by atoms with Crippen molar-refractivity contribution in [2.75, 3.05) is 32.7 Å². The molecule has 8 nitrogen and oxygen atoms in total. The molecule has 0 unspecified atom stereocenters. The van der Waals surface area contributed by atoms with Gasteiger partial charge in [-0.3, -0.25) is 19.2 Å². The van der Waals surface area contributed by atoms with Gasteiger partial charge in [-0.25, -0.2) is 0 Å². The zero-order chi connectivity index (χ0) is 20.3. The molecule has 1 atom stereocenters. The van der Waals surface area contributed by atoms with Crippen molar-refractivity contribution in [3.8, 4) is 0 Å². The van der Waals surface area contributed by atoms with Gasteiger partial charge < -0.3 is 10.2 Å². The Hall–Kier alpha value is -1.96. The molecule has 3 aliphatic rings. The number of likely N-dealkylation sites (tertiary alicyclic amines) is 1. The molecule has 1 N–H and O–H groups in total. The van der Waals surface area contributed by atoms with Crippen LogP contribution in [0.4, 0.5) is 0 Å². The minimum absolute atomic E-state index is 0.0715. The number of nitrogens with zero attached hydrogens (tertiary/aromatic N) is 5. The van der Waals surface area contributed by atoms with Gasteiger partial charge in [-0.05, 0) is 31.6 Å². The molecular formula is C21H34N6O2. The van der Waals surface area contributed by atoms with E-state index < -0.39 is 0 Å². The molecule has 3 heterocycles. The second-order valence-electron chi connectivity index (χ2n) is 9.37. The lowest BCUT2D eigenvalue weighted by Crippen LogP contribution is -2.48. The predicted molar refractivity (Wildman–Crippen MR) is 109 cm³/mol. The average Bonchev–Trinajstić information content (AvgIpc) is 3.15. The molecule has 1 aromatic rings. The van der Waals surface area contributed by atoms with Crippen LogP contribution in [0.25, 0.3) is 0 Å². The summed E-state index contributed by atoms with van der Waals surface area (Å²) in [5, 5.41) is 11.4. The number of amides is 2. The Balaban J connectivity index is 1.31. The average molecular weight is 403 g/mol. The highest BCUT2D eigenvalue weighted by molar-refractivity contribution is 5.82. The number of rotatable bonds is 5. The number of carbonyl (C=O) groups excluding carboxylic acids is 2. The maximum absolute atomic E-state index is 13.2. The molecule has 0 bridgehead atoms. The smallest absolute Gasteiger partial charge is 0.234 e. The first-order valence-electron chi connectivity index (χ1n) is 11.2. The van der Waals surface area contributed by atoms with Crippen molar-refractivity contribution in [1.82, 2.24) is 30.1 Å². The third-order valence-electron chi connectivity index (χ3n) is 6.81. The van der Waals surface area contributed by atoms with Gasteiger partial charge in [-0.15, -0.1) is 5.10 Å². The summed E-state index contributed by atoms with van der Waals surface area (Å²) < 4.78 is 1.92. The monoisotopic (exact) mass is 402 g/mol. The zero-order valence-electron chi connectivity index (χ0n) is 17.6. The molecule has 0 aromatic carbocycles. The van der Waals surface area contributed by atoms with Gasteiger partial charge in [0.05, 0.1) is 12.2 Å². The standard InChI is InChI=1S/C21H34N6O2/c1-21(7-3-2-4-8-21)20(29)26-10-5-6-17(12-26)13-27-15-18(23-24-27)14-25-11-9-22-19(28)16-25/h15,17H,2-14,16H2,1H3,(H,22,28)/t17-/m0/s1. The fraction of sp³-hybridized carbons (Fsp3) is 0.810. The fourth-order valence-corrected chi connectivity index (χ4v) is 5.15. The molecule has 0 spiro atoms. The number of piperazine rings is 1. The van der Waals surface area contributed by atoms with Crippen molar-refractivity contribution < 1.29 is 9.59 Å². The molecule has 2 amide bonds. The number of hydrogen-bond acceptors (Lipinski definition) is 5. The maximum Gasteiger partial charge on any atom is 0.234 e. The lowest BCUT2D eigenvalue weighted by molar-refractivity contribution is -0.145. The van der Waals surface area contributed by atoms with Crippen molar-refractivity contribution in [2.24, 2.45) is 11.3 Å². The minimum Gasteiger partial charge on any atom is -0.354 e. The van der Waals surface area contributed by atoms with Crippen LogP contribution < -0.4 is 5.32 Å². The van der Waals surface area contributed by atoms with E-state index in [2.05, 4.69) is 32.4 Å². The van der Waals surface area contributed by atoms with E-state index in [1.54, 1.807) is 0 Å². The SMILES string of the molecule is CC1(C(=O)N2CCC[C@H](Cn3cc(CN4CCNC(=O)C4)nn3)C2)CCCCC1. The van der Waals surface area contributed by atoms with Crippen LogP contribution in [0.3, 0.4) is 0 Å². The molecule has 29 heavy (non-hydrogen) atoms. The van der Waals surface area contributed by atoms with Crippen LogP contribution in [0.1, 0.15) is 57.6 Å². The van der Waals surface area contributed by atoms with Crippen molar-refractivity contribution in [2.45, 2.75) is 65.0 Å². The van der Waals surface area contributed by atoms with E-state index in [9.17, 15) is 9.59 Å². The third-order valence-corrected chi connectivity index (χ3v) is 6.81. The Kier molecular flexibility index (Phi) is 6.18. The van der Waals surface area contributed by atoms with Gasteiger partial charge in [0.25, 0.3) is 0 Å². The van der Waals surface area contributed by atoms with Gasteiger partial charge in [0.2, 0.25) is 11.8 Å². The molecule has 4 rings (SSSR count). The highest BCUT2D eigenvalue weighted by atomic mass is 16.2. The second-order valence-corrected chi connectivity index (χ2v) is 9.37. The third kappa shape index (κ3) is 4.97. The van der Waals surface area contributed by atoms with Crippen molar-refractivity contribution in [1.29, 1.82) is 0 Å². The van der Waals surface area contributed by atoms with Gasteiger partial charge in [-0.2, -0.15) is 0 Å². The molecule has 8 heteroatoms. The van der Waals surface area contributed by atoms with Crippen molar-refractivity contribution >= 4 is 11.8 Å². The summed E-state index contributed by atoms with van der Waals surface area (Å²) in [6.07, 6.45) is 9.89. The number of nitrogens with one attached hydrogen (secondary N) is 1. The van der Waals surface area contributed by atoms with Gasteiger partial charge >= 0.3 is 0 Å². The molecule has 3 fully saturated rings. The largest absolute Gasteiger partial charge is 0.354 e. The first-order chi connectivity index (χ1) is 14.0. The zero-order valence-corrected chi connectivity index (χ0v) is 17.6. The lowest BCUT2D eigenvalue weighted by Gasteiger charge is -2.40. The van der Waals surface area contributed by atoms with E-state index in [1.165, 1.54) is 19.3 Å². The van der Waals surface area contributed by atoms with E-state index >= 15 is 0 Å². The Morgan fingerprint density at radius 3 is 2.86 bits per heavy atom. The molecular weight excluding hydrogens is 368 g/mol. The van der Waals surface area contributed by atoms with Crippen LogP contribution in [-0.2, 0) is 22.7 Å². The second kappa shape index (κ2) is 8.81. The van der Waals surface area contributed by atoms with Gasteiger partial charge in [0.15, 0.2) is 0 Å². The number of piperidine rings is 1. The van der Waals surface area contributed by atoms with E-state index in [1.807, 2.05) is 10.9 Å². The van der Waals surface area contributed by atoms with Gasteiger partial charge in [0, 0.05) is 50.9 Å². The van der Waals surface area contributed by atoms with E-state index in [0.717, 1.165) is 57.6 Å². The predicted octanol–water partition coefficient (Wildman–Crippen LogP) is 1.42. The quantitative estimate of drug-likeness (QED) is 0.805. The number of aromatic nitrogens is 3. The lowest BCUT2D eigenvalue weighted by atomic mass is 9.74. The Morgan fingerprint density at radius 1 is 1.24 bits per heavy atom. The van der Waals surface area contributed by atoms with Gasteiger partial charge in [-0.1, -0.05) is 31.4 Å². The van der Waals surface area contributed by atoms with Crippen molar-refractivity contribution in [3.05, 3.63) is 11.9 Å².